The molecule has 8 heteroatoms. The molecule has 0 radical (unpaired) electrons. The molecule has 1 aliphatic heterocycles. The summed E-state index contributed by atoms with van der Waals surface area (Å²) in [6, 6.07) is 11.1. The largest absolute Gasteiger partial charge is 0.416 e. The number of fused-ring (bicyclic) bond motifs is 1. The Bertz CT molecular complexity index is 1000. The van der Waals surface area contributed by atoms with Crippen LogP contribution >= 0.6 is 15.9 Å². The maximum Gasteiger partial charge on any atom is 0.416 e. The van der Waals surface area contributed by atoms with Gasteiger partial charge in [-0.05, 0) is 24.3 Å². The van der Waals surface area contributed by atoms with E-state index in [9.17, 15) is 13.2 Å². The number of benzene rings is 2. The molecule has 1 saturated heterocycles. The summed E-state index contributed by atoms with van der Waals surface area (Å²) < 4.78 is 45.8. The Morgan fingerprint density at radius 3 is 2.54 bits per heavy atom. The number of morpholine rings is 1. The molecular formula is C20H17BrF3N3O. The molecule has 1 aromatic heterocycles. The molecule has 4 nitrogen and oxygen atoms in total. The van der Waals surface area contributed by atoms with E-state index >= 15 is 0 Å². The average molecular weight is 452 g/mol. The summed E-state index contributed by atoms with van der Waals surface area (Å²) in [5.41, 5.74) is 1.05. The maximum atomic E-state index is 13.2. The summed E-state index contributed by atoms with van der Waals surface area (Å²) in [5, 5.41) is 0.637. The lowest BCUT2D eigenvalue weighted by Crippen LogP contribution is -2.36. The summed E-state index contributed by atoms with van der Waals surface area (Å²) in [6.45, 7) is 3.34. The van der Waals surface area contributed by atoms with E-state index in [0.29, 0.717) is 36.5 Å². The molecule has 0 aliphatic carbocycles. The van der Waals surface area contributed by atoms with Crippen molar-refractivity contribution < 1.29 is 17.9 Å². The Balaban J connectivity index is 1.84. The molecule has 146 valence electrons. The van der Waals surface area contributed by atoms with Gasteiger partial charge in [0, 0.05) is 35.1 Å². The van der Waals surface area contributed by atoms with Crippen molar-refractivity contribution in [2.45, 2.75) is 12.7 Å². The van der Waals surface area contributed by atoms with Crippen molar-refractivity contribution in [3.8, 4) is 11.4 Å². The van der Waals surface area contributed by atoms with Crippen molar-refractivity contribution in [3.05, 3.63) is 58.2 Å². The van der Waals surface area contributed by atoms with Gasteiger partial charge >= 0.3 is 6.18 Å². The predicted molar refractivity (Wildman–Crippen MR) is 104 cm³/mol. The Hall–Kier alpha value is -2.03. The SMILES string of the molecule is FC(F)(F)c1ccc2c(CN3CCOCC3)nc(-c3cccc(Br)c3)nc2c1. The van der Waals surface area contributed by atoms with Crippen LogP contribution in [0.4, 0.5) is 13.2 Å². The van der Waals surface area contributed by atoms with Crippen molar-refractivity contribution in [2.24, 2.45) is 0 Å². The second-order valence-corrected chi connectivity index (χ2v) is 7.54. The van der Waals surface area contributed by atoms with E-state index in [0.717, 1.165) is 41.0 Å². The van der Waals surface area contributed by atoms with E-state index in [1.165, 1.54) is 6.07 Å². The highest BCUT2D eigenvalue weighted by atomic mass is 79.9. The fraction of sp³-hybridized carbons (Fsp3) is 0.300. The Morgan fingerprint density at radius 1 is 1.04 bits per heavy atom. The van der Waals surface area contributed by atoms with Crippen molar-refractivity contribution in [1.82, 2.24) is 14.9 Å². The van der Waals surface area contributed by atoms with Crippen LogP contribution in [0.2, 0.25) is 0 Å². The lowest BCUT2D eigenvalue weighted by molar-refractivity contribution is -0.137. The van der Waals surface area contributed by atoms with Crippen LogP contribution in [0.25, 0.3) is 22.3 Å². The number of hydrogen-bond donors (Lipinski definition) is 0. The summed E-state index contributed by atoms with van der Waals surface area (Å²) in [4.78, 5) is 11.3. The quantitative estimate of drug-likeness (QED) is 0.566. The lowest BCUT2D eigenvalue weighted by Gasteiger charge is -2.26. The van der Waals surface area contributed by atoms with Crippen LogP contribution in [0.3, 0.4) is 0 Å². The lowest BCUT2D eigenvalue weighted by atomic mass is 10.1. The zero-order chi connectivity index (χ0) is 19.7. The van der Waals surface area contributed by atoms with Gasteiger partial charge in [0.15, 0.2) is 5.82 Å². The highest BCUT2D eigenvalue weighted by Crippen LogP contribution is 2.32. The van der Waals surface area contributed by atoms with E-state index in [4.69, 9.17) is 9.72 Å². The van der Waals surface area contributed by atoms with Gasteiger partial charge in [-0.15, -0.1) is 0 Å². The van der Waals surface area contributed by atoms with Gasteiger partial charge in [0.05, 0.1) is 30.0 Å². The minimum atomic E-state index is -4.42. The maximum absolute atomic E-state index is 13.2. The fourth-order valence-electron chi connectivity index (χ4n) is 3.22. The monoisotopic (exact) mass is 451 g/mol. The molecule has 2 heterocycles. The van der Waals surface area contributed by atoms with E-state index in [1.54, 1.807) is 0 Å². The minimum absolute atomic E-state index is 0.294. The third-order valence-electron chi connectivity index (χ3n) is 4.66. The molecule has 3 aromatic rings. The number of rotatable bonds is 3. The molecule has 0 saturated carbocycles. The zero-order valence-electron chi connectivity index (χ0n) is 14.8. The standard InChI is InChI=1S/C20H17BrF3N3O/c21-15-3-1-2-13(10-15)19-25-17-11-14(20(22,23)24)4-5-16(17)18(26-19)12-27-6-8-28-9-7-27/h1-5,10-11H,6-9,12H2. The van der Waals surface area contributed by atoms with E-state index in [-0.39, 0.29) is 0 Å². The van der Waals surface area contributed by atoms with Crippen LogP contribution in [-0.4, -0.2) is 41.2 Å². The molecule has 1 fully saturated rings. The second kappa shape index (κ2) is 7.77. The Kier molecular flexibility index (Phi) is 5.35. The number of aromatic nitrogens is 2. The summed E-state index contributed by atoms with van der Waals surface area (Å²) >= 11 is 3.42. The van der Waals surface area contributed by atoms with E-state index in [2.05, 4.69) is 25.8 Å². The molecule has 0 amide bonds. The Labute approximate surface area is 168 Å². The molecule has 4 rings (SSSR count). The van der Waals surface area contributed by atoms with Gasteiger partial charge < -0.3 is 4.74 Å². The molecule has 1 aliphatic rings. The van der Waals surface area contributed by atoms with Gasteiger partial charge in [-0.1, -0.05) is 34.1 Å². The number of hydrogen-bond acceptors (Lipinski definition) is 4. The van der Waals surface area contributed by atoms with Gasteiger partial charge in [0.2, 0.25) is 0 Å². The first-order valence-corrected chi connectivity index (χ1v) is 9.63. The molecule has 2 aromatic carbocycles. The smallest absolute Gasteiger partial charge is 0.379 e. The van der Waals surface area contributed by atoms with Crippen LogP contribution in [-0.2, 0) is 17.5 Å². The van der Waals surface area contributed by atoms with E-state index < -0.39 is 11.7 Å². The van der Waals surface area contributed by atoms with Crippen molar-refractivity contribution in [3.63, 3.8) is 0 Å². The van der Waals surface area contributed by atoms with Crippen molar-refractivity contribution >= 4 is 26.8 Å². The number of nitrogens with zero attached hydrogens (tertiary/aromatic N) is 3. The number of alkyl halides is 3. The van der Waals surface area contributed by atoms with Crippen molar-refractivity contribution in [1.29, 1.82) is 0 Å². The van der Waals surface area contributed by atoms with Crippen LogP contribution in [0.15, 0.2) is 46.9 Å². The third-order valence-corrected chi connectivity index (χ3v) is 5.16. The molecule has 0 unspecified atom stereocenters. The van der Waals surface area contributed by atoms with E-state index in [1.807, 2.05) is 24.3 Å². The molecule has 0 N–H and O–H groups in total. The molecule has 0 atom stereocenters. The minimum Gasteiger partial charge on any atom is -0.379 e. The van der Waals surface area contributed by atoms with Crippen LogP contribution < -0.4 is 0 Å². The van der Waals surface area contributed by atoms with Gasteiger partial charge in [-0.25, -0.2) is 9.97 Å². The summed E-state index contributed by atoms with van der Waals surface area (Å²) in [6.07, 6.45) is -4.42. The van der Waals surface area contributed by atoms with Crippen LogP contribution in [0, 0.1) is 0 Å². The third kappa shape index (κ3) is 4.19. The first kappa shape index (κ1) is 19.3. The zero-order valence-corrected chi connectivity index (χ0v) is 16.4. The topological polar surface area (TPSA) is 38.2 Å². The van der Waals surface area contributed by atoms with Gasteiger partial charge in [0.25, 0.3) is 0 Å². The highest BCUT2D eigenvalue weighted by molar-refractivity contribution is 9.10. The fourth-order valence-corrected chi connectivity index (χ4v) is 3.62. The second-order valence-electron chi connectivity index (χ2n) is 6.62. The number of halogens is 4. The first-order valence-electron chi connectivity index (χ1n) is 8.84. The molecule has 0 spiro atoms. The van der Waals surface area contributed by atoms with Crippen LogP contribution in [0.1, 0.15) is 11.3 Å². The Morgan fingerprint density at radius 2 is 1.82 bits per heavy atom. The van der Waals surface area contributed by atoms with Gasteiger partial charge in [-0.3, -0.25) is 4.90 Å². The first-order chi connectivity index (χ1) is 13.4. The molecule has 0 bridgehead atoms. The van der Waals surface area contributed by atoms with Gasteiger partial charge in [0.1, 0.15) is 0 Å². The average Bonchev–Trinajstić information content (AvgIpc) is 2.67. The van der Waals surface area contributed by atoms with Gasteiger partial charge in [-0.2, -0.15) is 13.2 Å². The van der Waals surface area contributed by atoms with Crippen molar-refractivity contribution in [2.75, 3.05) is 26.3 Å². The molecular weight excluding hydrogens is 435 g/mol. The predicted octanol–water partition coefficient (Wildman–Crippen LogP) is 4.91. The van der Waals surface area contributed by atoms with Crippen LogP contribution in [0.5, 0.6) is 0 Å². The number of ether oxygens (including phenoxy) is 1. The normalized spacial score (nSPS) is 15.9. The molecule has 28 heavy (non-hydrogen) atoms. The highest BCUT2D eigenvalue weighted by Gasteiger charge is 2.31. The summed E-state index contributed by atoms with van der Waals surface area (Å²) in [7, 11) is 0. The summed E-state index contributed by atoms with van der Waals surface area (Å²) in [5.74, 6) is 0.413.